The highest BCUT2D eigenvalue weighted by molar-refractivity contribution is 5.49. The maximum absolute atomic E-state index is 9.51. The van der Waals surface area contributed by atoms with Crippen LogP contribution in [-0.4, -0.2) is 27.4 Å². The predicted molar refractivity (Wildman–Crippen MR) is 67.1 cm³/mol. The van der Waals surface area contributed by atoms with E-state index in [1.807, 2.05) is 0 Å². The lowest BCUT2D eigenvalue weighted by molar-refractivity contribution is 0.161. The fraction of sp³-hybridized carbons (Fsp3) is 0.538. The van der Waals surface area contributed by atoms with Crippen molar-refractivity contribution >= 4 is 0 Å². The summed E-state index contributed by atoms with van der Waals surface area (Å²) >= 11 is 0. The third kappa shape index (κ3) is 2.54. The molecule has 1 aliphatic carbocycles. The van der Waals surface area contributed by atoms with Gasteiger partial charge < -0.3 is 19.4 Å². The number of aromatic nitrogens is 2. The number of nitrogens with one attached hydrogen (secondary N) is 1. The van der Waals surface area contributed by atoms with E-state index in [0.29, 0.717) is 18.3 Å². The predicted octanol–water partition coefficient (Wildman–Crippen LogP) is 1.72. The fourth-order valence-electron chi connectivity index (χ4n) is 2.54. The summed E-state index contributed by atoms with van der Waals surface area (Å²) in [5.41, 5.74) is 0.604. The van der Waals surface area contributed by atoms with Crippen molar-refractivity contribution in [3.05, 3.63) is 24.4 Å². The third-order valence-corrected chi connectivity index (χ3v) is 3.72. The molecule has 19 heavy (non-hydrogen) atoms. The molecular formula is C13H17N3O3. The van der Waals surface area contributed by atoms with Crippen LogP contribution >= 0.6 is 0 Å². The van der Waals surface area contributed by atoms with Crippen molar-refractivity contribution in [3.63, 3.8) is 0 Å². The zero-order chi connectivity index (χ0) is 13.1. The van der Waals surface area contributed by atoms with Crippen molar-refractivity contribution in [1.82, 2.24) is 15.5 Å². The number of furan rings is 1. The number of aliphatic hydroxyl groups is 1. The summed E-state index contributed by atoms with van der Waals surface area (Å²) in [6.07, 6.45) is 7.43. The van der Waals surface area contributed by atoms with Crippen LogP contribution in [0.2, 0.25) is 0 Å². The number of hydrogen-bond donors (Lipinski definition) is 2. The zero-order valence-electron chi connectivity index (χ0n) is 10.6. The van der Waals surface area contributed by atoms with Gasteiger partial charge in [0.25, 0.3) is 5.89 Å². The molecule has 0 bridgehead atoms. The maximum Gasteiger partial charge on any atom is 0.261 e. The Bertz CT molecular complexity index is 515. The van der Waals surface area contributed by atoms with E-state index in [2.05, 4.69) is 15.5 Å². The second-order valence-electron chi connectivity index (χ2n) is 5.03. The van der Waals surface area contributed by atoms with Crippen molar-refractivity contribution in [3.8, 4) is 11.5 Å². The molecule has 0 aliphatic heterocycles. The maximum atomic E-state index is 9.51. The van der Waals surface area contributed by atoms with E-state index in [4.69, 9.17) is 8.94 Å². The first-order valence-electron chi connectivity index (χ1n) is 6.52. The van der Waals surface area contributed by atoms with Gasteiger partial charge >= 0.3 is 0 Å². The second kappa shape index (κ2) is 5.14. The summed E-state index contributed by atoms with van der Waals surface area (Å²) in [5, 5.41) is 16.8. The molecule has 2 aromatic rings. The molecule has 2 N–H and O–H groups in total. The first-order valence-corrected chi connectivity index (χ1v) is 6.52. The van der Waals surface area contributed by atoms with Crippen molar-refractivity contribution in [2.75, 3.05) is 6.61 Å². The molecule has 0 saturated heterocycles. The Hall–Kier alpha value is -1.66. The highest BCUT2D eigenvalue weighted by Crippen LogP contribution is 2.29. The molecule has 1 saturated carbocycles. The van der Waals surface area contributed by atoms with Crippen molar-refractivity contribution in [1.29, 1.82) is 0 Å². The number of hydrogen-bond acceptors (Lipinski definition) is 6. The molecule has 1 aliphatic rings. The van der Waals surface area contributed by atoms with Gasteiger partial charge in [-0.05, 0) is 18.9 Å². The second-order valence-corrected chi connectivity index (χ2v) is 5.03. The topological polar surface area (TPSA) is 84.3 Å². The van der Waals surface area contributed by atoms with Crippen LogP contribution < -0.4 is 5.32 Å². The standard InChI is InChI=1S/C13H17N3O3/c17-9-13(4-1-2-5-13)14-7-11-15-12(19-16-11)10-3-6-18-8-10/h3,6,8,14,17H,1-2,4-5,7,9H2. The molecule has 1 fully saturated rings. The average Bonchev–Trinajstić information content (AvgIpc) is 3.17. The van der Waals surface area contributed by atoms with Crippen LogP contribution in [0.15, 0.2) is 27.5 Å². The Labute approximate surface area is 110 Å². The number of nitrogens with zero attached hydrogens (tertiary/aromatic N) is 2. The smallest absolute Gasteiger partial charge is 0.261 e. The molecule has 0 aromatic carbocycles. The highest BCUT2D eigenvalue weighted by atomic mass is 16.5. The first-order chi connectivity index (χ1) is 9.31. The van der Waals surface area contributed by atoms with Gasteiger partial charge in [-0.1, -0.05) is 18.0 Å². The van der Waals surface area contributed by atoms with Crippen LogP contribution in [-0.2, 0) is 6.54 Å². The van der Waals surface area contributed by atoms with E-state index in [0.717, 1.165) is 31.2 Å². The minimum absolute atomic E-state index is 0.152. The summed E-state index contributed by atoms with van der Waals surface area (Å²) in [5.74, 6) is 1.05. The number of rotatable bonds is 5. The molecule has 0 spiro atoms. The van der Waals surface area contributed by atoms with Crippen LogP contribution in [0, 0.1) is 0 Å². The highest BCUT2D eigenvalue weighted by Gasteiger charge is 2.32. The third-order valence-electron chi connectivity index (χ3n) is 3.72. The van der Waals surface area contributed by atoms with E-state index in [-0.39, 0.29) is 12.1 Å². The average molecular weight is 263 g/mol. The molecule has 2 aromatic heterocycles. The van der Waals surface area contributed by atoms with E-state index in [9.17, 15) is 5.11 Å². The molecule has 0 amide bonds. The van der Waals surface area contributed by atoms with Gasteiger partial charge in [-0.3, -0.25) is 0 Å². The molecule has 6 heteroatoms. The van der Waals surface area contributed by atoms with Gasteiger partial charge in [0.1, 0.15) is 6.26 Å². The molecule has 2 heterocycles. The lowest BCUT2D eigenvalue weighted by atomic mass is 9.99. The van der Waals surface area contributed by atoms with Crippen molar-refractivity contribution in [2.45, 2.75) is 37.8 Å². The van der Waals surface area contributed by atoms with Gasteiger partial charge in [0.2, 0.25) is 0 Å². The molecule has 0 radical (unpaired) electrons. The van der Waals surface area contributed by atoms with E-state index >= 15 is 0 Å². The quantitative estimate of drug-likeness (QED) is 0.854. The number of aliphatic hydroxyl groups excluding tert-OH is 1. The van der Waals surface area contributed by atoms with Crippen molar-refractivity contribution < 1.29 is 14.0 Å². The van der Waals surface area contributed by atoms with E-state index in [1.165, 1.54) is 0 Å². The summed E-state index contributed by atoms with van der Waals surface area (Å²) in [6, 6.07) is 1.77. The minimum atomic E-state index is -0.170. The molecule has 0 unspecified atom stereocenters. The van der Waals surface area contributed by atoms with Crippen LogP contribution in [0.4, 0.5) is 0 Å². The van der Waals surface area contributed by atoms with Gasteiger partial charge in [-0.2, -0.15) is 4.98 Å². The summed E-state index contributed by atoms with van der Waals surface area (Å²) in [7, 11) is 0. The SMILES string of the molecule is OCC1(NCc2noc(-c3ccoc3)n2)CCCC1. The molecular weight excluding hydrogens is 246 g/mol. The summed E-state index contributed by atoms with van der Waals surface area (Å²) in [6.45, 7) is 0.654. The Balaban J connectivity index is 1.64. The van der Waals surface area contributed by atoms with Crippen LogP contribution in [0.3, 0.4) is 0 Å². The largest absolute Gasteiger partial charge is 0.472 e. The van der Waals surface area contributed by atoms with Gasteiger partial charge in [-0.25, -0.2) is 0 Å². The lowest BCUT2D eigenvalue weighted by Gasteiger charge is -2.27. The Morgan fingerprint density at radius 1 is 1.37 bits per heavy atom. The molecule has 6 nitrogen and oxygen atoms in total. The van der Waals surface area contributed by atoms with Crippen molar-refractivity contribution in [2.24, 2.45) is 0 Å². The van der Waals surface area contributed by atoms with E-state index < -0.39 is 0 Å². The van der Waals surface area contributed by atoms with E-state index in [1.54, 1.807) is 18.6 Å². The van der Waals surface area contributed by atoms with Crippen LogP contribution in [0.1, 0.15) is 31.5 Å². The molecule has 3 rings (SSSR count). The summed E-state index contributed by atoms with van der Waals surface area (Å²) in [4.78, 5) is 4.30. The molecule has 102 valence electrons. The lowest BCUT2D eigenvalue weighted by Crippen LogP contribution is -2.45. The molecule has 0 atom stereocenters. The van der Waals surface area contributed by atoms with Gasteiger partial charge in [0, 0.05) is 5.54 Å². The Kier molecular flexibility index (Phi) is 3.35. The van der Waals surface area contributed by atoms with Gasteiger partial charge in [0.15, 0.2) is 5.82 Å². The van der Waals surface area contributed by atoms with Crippen LogP contribution in [0.5, 0.6) is 0 Å². The first kappa shape index (κ1) is 12.4. The summed E-state index contributed by atoms with van der Waals surface area (Å²) < 4.78 is 10.1. The van der Waals surface area contributed by atoms with Gasteiger partial charge in [-0.15, -0.1) is 0 Å². The monoisotopic (exact) mass is 263 g/mol. The van der Waals surface area contributed by atoms with Crippen LogP contribution in [0.25, 0.3) is 11.5 Å². The fourth-order valence-corrected chi connectivity index (χ4v) is 2.54. The Morgan fingerprint density at radius 2 is 2.21 bits per heavy atom. The van der Waals surface area contributed by atoms with Gasteiger partial charge in [0.05, 0.1) is 25.0 Å². The minimum Gasteiger partial charge on any atom is -0.472 e. The normalized spacial score (nSPS) is 17.9. The Morgan fingerprint density at radius 3 is 2.89 bits per heavy atom. The zero-order valence-corrected chi connectivity index (χ0v) is 10.6.